The Bertz CT molecular complexity index is 405. The van der Waals surface area contributed by atoms with Gasteiger partial charge in [0.15, 0.2) is 0 Å². The van der Waals surface area contributed by atoms with Gasteiger partial charge in [0.25, 0.3) is 0 Å². The molecule has 1 rings (SSSR count). The molecular formula is C14H22N2O2. The third kappa shape index (κ3) is 4.04. The number of amides is 1. The van der Waals surface area contributed by atoms with Crippen LogP contribution in [0.5, 0.6) is 5.75 Å². The first-order chi connectivity index (χ1) is 8.41. The van der Waals surface area contributed by atoms with Crippen LogP contribution in [0.4, 0.5) is 0 Å². The van der Waals surface area contributed by atoms with Crippen molar-refractivity contribution in [3.63, 3.8) is 0 Å². The Hall–Kier alpha value is -1.55. The minimum absolute atomic E-state index is 0.0406. The van der Waals surface area contributed by atoms with E-state index in [-0.39, 0.29) is 24.2 Å². The molecule has 0 spiro atoms. The van der Waals surface area contributed by atoms with Crippen LogP contribution in [-0.4, -0.2) is 29.0 Å². The largest absolute Gasteiger partial charge is 0.508 e. The number of phenolic OH excluding ortho intramolecular Hbond substituents is 1. The summed E-state index contributed by atoms with van der Waals surface area (Å²) >= 11 is 0. The number of phenols is 1. The van der Waals surface area contributed by atoms with Crippen molar-refractivity contribution in [2.45, 2.75) is 26.8 Å². The zero-order chi connectivity index (χ0) is 13.7. The first-order valence-corrected chi connectivity index (χ1v) is 6.22. The number of primary amides is 1. The van der Waals surface area contributed by atoms with Gasteiger partial charge in [0, 0.05) is 18.2 Å². The van der Waals surface area contributed by atoms with Gasteiger partial charge < -0.3 is 10.8 Å². The lowest BCUT2D eigenvalue weighted by Gasteiger charge is -2.30. The van der Waals surface area contributed by atoms with Gasteiger partial charge in [-0.1, -0.05) is 32.0 Å². The van der Waals surface area contributed by atoms with Crippen LogP contribution in [-0.2, 0) is 4.79 Å². The molecule has 0 aliphatic carbocycles. The van der Waals surface area contributed by atoms with Crippen molar-refractivity contribution in [2.75, 3.05) is 13.1 Å². The lowest BCUT2D eigenvalue weighted by Crippen LogP contribution is -2.38. The molecule has 3 N–H and O–H groups in total. The number of benzene rings is 1. The SMILES string of the molecule is CC(C)CN(CC(N)=O)C(C)c1ccccc1O. The Morgan fingerprint density at radius 1 is 1.33 bits per heavy atom. The van der Waals surface area contributed by atoms with Gasteiger partial charge in [-0.15, -0.1) is 0 Å². The van der Waals surface area contributed by atoms with Gasteiger partial charge in [-0.25, -0.2) is 0 Å². The van der Waals surface area contributed by atoms with Crippen LogP contribution in [0.3, 0.4) is 0 Å². The molecule has 0 aliphatic heterocycles. The minimum atomic E-state index is -0.349. The molecule has 0 aromatic heterocycles. The summed E-state index contributed by atoms with van der Waals surface area (Å²) in [6.07, 6.45) is 0. The molecule has 4 heteroatoms. The monoisotopic (exact) mass is 250 g/mol. The van der Waals surface area contributed by atoms with Crippen molar-refractivity contribution in [1.29, 1.82) is 0 Å². The van der Waals surface area contributed by atoms with Gasteiger partial charge in [-0.3, -0.25) is 9.69 Å². The number of hydrogen-bond acceptors (Lipinski definition) is 3. The molecule has 0 heterocycles. The number of para-hydroxylation sites is 1. The predicted octanol–water partition coefficient (Wildman–Crippen LogP) is 1.90. The summed E-state index contributed by atoms with van der Waals surface area (Å²) in [4.78, 5) is 13.1. The van der Waals surface area contributed by atoms with Crippen LogP contribution < -0.4 is 5.73 Å². The topological polar surface area (TPSA) is 66.6 Å². The van der Waals surface area contributed by atoms with Gasteiger partial charge in [0.2, 0.25) is 5.91 Å². The molecule has 0 aliphatic rings. The number of hydrogen-bond donors (Lipinski definition) is 2. The molecule has 0 saturated heterocycles. The molecule has 1 atom stereocenters. The molecule has 1 amide bonds. The highest BCUT2D eigenvalue weighted by Gasteiger charge is 2.20. The van der Waals surface area contributed by atoms with Gasteiger partial charge in [0.1, 0.15) is 5.75 Å². The molecule has 100 valence electrons. The molecule has 0 saturated carbocycles. The van der Waals surface area contributed by atoms with Gasteiger partial charge in [-0.2, -0.15) is 0 Å². The summed E-state index contributed by atoms with van der Waals surface area (Å²) in [5.41, 5.74) is 6.10. The highest BCUT2D eigenvalue weighted by Crippen LogP contribution is 2.28. The maximum atomic E-state index is 11.1. The number of rotatable bonds is 6. The average molecular weight is 250 g/mol. The van der Waals surface area contributed by atoms with Crippen LogP contribution in [0.1, 0.15) is 32.4 Å². The van der Waals surface area contributed by atoms with E-state index in [9.17, 15) is 9.90 Å². The highest BCUT2D eigenvalue weighted by molar-refractivity contribution is 5.76. The van der Waals surface area contributed by atoms with E-state index in [1.165, 1.54) is 0 Å². The van der Waals surface area contributed by atoms with Gasteiger partial charge in [-0.05, 0) is 18.9 Å². The summed E-state index contributed by atoms with van der Waals surface area (Å²) < 4.78 is 0. The third-order valence-corrected chi connectivity index (χ3v) is 2.89. The second-order valence-electron chi connectivity index (χ2n) is 5.02. The van der Waals surface area contributed by atoms with Crippen molar-refractivity contribution in [2.24, 2.45) is 11.7 Å². The molecule has 0 bridgehead atoms. The fourth-order valence-electron chi connectivity index (χ4n) is 2.07. The normalized spacial score (nSPS) is 12.9. The Morgan fingerprint density at radius 3 is 2.44 bits per heavy atom. The van der Waals surface area contributed by atoms with Crippen LogP contribution in [0.2, 0.25) is 0 Å². The van der Waals surface area contributed by atoms with Crippen molar-refractivity contribution >= 4 is 5.91 Å². The Balaban J connectivity index is 2.90. The summed E-state index contributed by atoms with van der Waals surface area (Å²) in [6.45, 7) is 7.11. The van der Waals surface area contributed by atoms with E-state index in [2.05, 4.69) is 13.8 Å². The summed E-state index contributed by atoms with van der Waals surface area (Å²) in [5, 5.41) is 9.86. The summed E-state index contributed by atoms with van der Waals surface area (Å²) in [6, 6.07) is 7.15. The van der Waals surface area contributed by atoms with Crippen LogP contribution in [0, 0.1) is 5.92 Å². The van der Waals surface area contributed by atoms with E-state index in [1.807, 2.05) is 24.0 Å². The molecule has 0 radical (unpaired) electrons. The smallest absolute Gasteiger partial charge is 0.231 e. The van der Waals surface area contributed by atoms with Crippen molar-refractivity contribution in [1.82, 2.24) is 4.90 Å². The first kappa shape index (κ1) is 14.5. The second kappa shape index (κ2) is 6.40. The van der Waals surface area contributed by atoms with E-state index in [1.54, 1.807) is 12.1 Å². The fraction of sp³-hybridized carbons (Fsp3) is 0.500. The van der Waals surface area contributed by atoms with Gasteiger partial charge >= 0.3 is 0 Å². The zero-order valence-electron chi connectivity index (χ0n) is 11.3. The maximum absolute atomic E-state index is 11.1. The van der Waals surface area contributed by atoms with Crippen LogP contribution in [0.25, 0.3) is 0 Å². The number of carbonyl (C=O) groups is 1. The average Bonchev–Trinajstić information content (AvgIpc) is 2.26. The number of nitrogens with zero attached hydrogens (tertiary/aromatic N) is 1. The molecule has 0 fully saturated rings. The molecule has 4 nitrogen and oxygen atoms in total. The zero-order valence-corrected chi connectivity index (χ0v) is 11.3. The molecule has 1 unspecified atom stereocenters. The molecular weight excluding hydrogens is 228 g/mol. The van der Waals surface area contributed by atoms with Crippen LogP contribution in [0.15, 0.2) is 24.3 Å². The predicted molar refractivity (Wildman–Crippen MR) is 72.1 cm³/mol. The minimum Gasteiger partial charge on any atom is -0.508 e. The molecule has 18 heavy (non-hydrogen) atoms. The fourth-order valence-corrected chi connectivity index (χ4v) is 2.07. The van der Waals surface area contributed by atoms with Gasteiger partial charge in [0.05, 0.1) is 6.54 Å². The van der Waals surface area contributed by atoms with E-state index >= 15 is 0 Å². The Morgan fingerprint density at radius 2 is 1.94 bits per heavy atom. The standard InChI is InChI=1S/C14H22N2O2/c1-10(2)8-16(9-14(15)18)11(3)12-6-4-5-7-13(12)17/h4-7,10-11,17H,8-9H2,1-3H3,(H2,15,18). The van der Waals surface area contributed by atoms with E-state index in [4.69, 9.17) is 5.73 Å². The number of nitrogens with two attached hydrogens (primary N) is 1. The van der Waals surface area contributed by atoms with Crippen molar-refractivity contribution in [3.05, 3.63) is 29.8 Å². The van der Waals surface area contributed by atoms with Crippen molar-refractivity contribution < 1.29 is 9.90 Å². The summed E-state index contributed by atoms with van der Waals surface area (Å²) in [5.74, 6) is 0.332. The van der Waals surface area contributed by atoms with Crippen LogP contribution >= 0.6 is 0 Å². The summed E-state index contributed by atoms with van der Waals surface area (Å²) in [7, 11) is 0. The lowest BCUT2D eigenvalue weighted by molar-refractivity contribution is -0.119. The maximum Gasteiger partial charge on any atom is 0.231 e. The molecule has 1 aromatic rings. The first-order valence-electron chi connectivity index (χ1n) is 6.22. The van der Waals surface area contributed by atoms with E-state index in [0.717, 1.165) is 12.1 Å². The Kier molecular flexibility index (Phi) is 5.16. The quantitative estimate of drug-likeness (QED) is 0.810. The van der Waals surface area contributed by atoms with E-state index in [0.29, 0.717) is 5.92 Å². The van der Waals surface area contributed by atoms with E-state index < -0.39 is 0 Å². The highest BCUT2D eigenvalue weighted by atomic mass is 16.3. The number of aromatic hydroxyl groups is 1. The lowest BCUT2D eigenvalue weighted by atomic mass is 10.0. The molecule has 1 aromatic carbocycles. The second-order valence-corrected chi connectivity index (χ2v) is 5.02. The Labute approximate surface area is 108 Å². The number of carbonyl (C=O) groups excluding carboxylic acids is 1. The van der Waals surface area contributed by atoms with Crippen molar-refractivity contribution in [3.8, 4) is 5.75 Å². The third-order valence-electron chi connectivity index (χ3n) is 2.89.